The monoisotopic (exact) mass is 334 g/mol. The van der Waals surface area contributed by atoms with Crippen molar-refractivity contribution in [1.29, 1.82) is 0 Å². The quantitative estimate of drug-likeness (QED) is 0.883. The second-order valence-corrected chi connectivity index (χ2v) is 6.83. The van der Waals surface area contributed by atoms with Crippen LogP contribution in [0.1, 0.15) is 42.7 Å². The zero-order valence-corrected chi connectivity index (χ0v) is 13.9. The van der Waals surface area contributed by atoms with Crippen LogP contribution in [0, 0.1) is 11.8 Å². The molecule has 2 aromatic rings. The van der Waals surface area contributed by atoms with Gasteiger partial charge in [0.25, 0.3) is 5.91 Å². The number of para-hydroxylation sites is 1. The standard InChI is InChI=1S/C18H22N2O2.ClH/c19-14-8-12-5-3-6-13(9-14)17(12)20-18(21)16-10-11-4-1-2-7-15(11)22-16;/h1-2,4,7,10,12-14,17H,3,5-6,8-9,19H2,(H,20,21);1H. The maximum atomic E-state index is 12.6. The Balaban J connectivity index is 0.00000156. The van der Waals surface area contributed by atoms with E-state index in [0.29, 0.717) is 23.6 Å². The van der Waals surface area contributed by atoms with Crippen LogP contribution in [0.5, 0.6) is 0 Å². The molecule has 2 saturated carbocycles. The second kappa shape index (κ2) is 6.54. The van der Waals surface area contributed by atoms with E-state index >= 15 is 0 Å². The lowest BCUT2D eigenvalue weighted by atomic mass is 9.67. The second-order valence-electron chi connectivity index (χ2n) is 6.83. The molecule has 2 bridgehead atoms. The van der Waals surface area contributed by atoms with E-state index in [1.54, 1.807) is 0 Å². The van der Waals surface area contributed by atoms with E-state index in [2.05, 4.69) is 5.32 Å². The number of halogens is 1. The first-order valence-electron chi connectivity index (χ1n) is 8.26. The predicted octanol–water partition coefficient (Wildman–Crippen LogP) is 3.49. The Morgan fingerprint density at radius 2 is 1.87 bits per heavy atom. The highest BCUT2D eigenvalue weighted by molar-refractivity contribution is 5.96. The van der Waals surface area contributed by atoms with Crippen molar-refractivity contribution in [2.75, 3.05) is 0 Å². The van der Waals surface area contributed by atoms with Crippen molar-refractivity contribution in [2.24, 2.45) is 17.6 Å². The van der Waals surface area contributed by atoms with Crippen molar-refractivity contribution in [1.82, 2.24) is 5.32 Å². The van der Waals surface area contributed by atoms with Gasteiger partial charge in [0.15, 0.2) is 5.76 Å². The molecule has 23 heavy (non-hydrogen) atoms. The van der Waals surface area contributed by atoms with Gasteiger partial charge in [-0.1, -0.05) is 24.6 Å². The van der Waals surface area contributed by atoms with Crippen LogP contribution in [0.2, 0.25) is 0 Å². The molecule has 1 heterocycles. The van der Waals surface area contributed by atoms with Gasteiger partial charge >= 0.3 is 0 Å². The molecule has 0 saturated heterocycles. The summed E-state index contributed by atoms with van der Waals surface area (Å²) < 4.78 is 5.68. The van der Waals surface area contributed by atoms with Gasteiger partial charge in [0.05, 0.1) is 0 Å². The average Bonchev–Trinajstić information content (AvgIpc) is 2.92. The Kier molecular flexibility index (Phi) is 4.64. The Hall–Kier alpha value is -1.52. The largest absolute Gasteiger partial charge is 0.451 e. The van der Waals surface area contributed by atoms with Crippen molar-refractivity contribution in [3.8, 4) is 0 Å². The molecule has 4 nitrogen and oxygen atoms in total. The normalized spacial score (nSPS) is 29.8. The fraction of sp³-hybridized carbons (Fsp3) is 0.500. The van der Waals surface area contributed by atoms with Gasteiger partial charge in [-0.25, -0.2) is 0 Å². The van der Waals surface area contributed by atoms with Gasteiger partial charge < -0.3 is 15.5 Å². The maximum absolute atomic E-state index is 12.6. The molecule has 124 valence electrons. The van der Waals surface area contributed by atoms with E-state index in [1.807, 2.05) is 30.3 Å². The van der Waals surface area contributed by atoms with Crippen LogP contribution in [-0.4, -0.2) is 18.0 Å². The zero-order chi connectivity index (χ0) is 15.1. The van der Waals surface area contributed by atoms with E-state index in [9.17, 15) is 4.79 Å². The third-order valence-corrected chi connectivity index (χ3v) is 5.32. The third-order valence-electron chi connectivity index (χ3n) is 5.32. The van der Waals surface area contributed by atoms with Crippen LogP contribution >= 0.6 is 12.4 Å². The summed E-state index contributed by atoms with van der Waals surface area (Å²) in [6, 6.07) is 10.1. The molecule has 2 aliphatic carbocycles. The lowest BCUT2D eigenvalue weighted by Crippen LogP contribution is -2.53. The van der Waals surface area contributed by atoms with Crippen molar-refractivity contribution in [2.45, 2.75) is 44.2 Å². The van der Waals surface area contributed by atoms with E-state index in [4.69, 9.17) is 10.2 Å². The number of benzene rings is 1. The topological polar surface area (TPSA) is 68.3 Å². The van der Waals surface area contributed by atoms with Crippen LogP contribution in [0.15, 0.2) is 34.7 Å². The van der Waals surface area contributed by atoms with Gasteiger partial charge in [0, 0.05) is 17.5 Å². The fourth-order valence-corrected chi connectivity index (χ4v) is 4.34. The summed E-state index contributed by atoms with van der Waals surface area (Å²) in [6.45, 7) is 0. The van der Waals surface area contributed by atoms with Gasteiger partial charge in [0.1, 0.15) is 5.58 Å². The maximum Gasteiger partial charge on any atom is 0.287 e. The summed E-state index contributed by atoms with van der Waals surface area (Å²) in [6.07, 6.45) is 5.67. The summed E-state index contributed by atoms with van der Waals surface area (Å²) in [5, 5.41) is 4.20. The predicted molar refractivity (Wildman–Crippen MR) is 92.8 cm³/mol. The molecule has 1 amide bonds. The Labute approximate surface area is 142 Å². The van der Waals surface area contributed by atoms with Crippen molar-refractivity contribution >= 4 is 29.3 Å². The molecule has 0 aliphatic heterocycles. The number of furan rings is 1. The first kappa shape index (κ1) is 16.3. The van der Waals surface area contributed by atoms with Gasteiger partial charge in [-0.05, 0) is 49.7 Å². The minimum Gasteiger partial charge on any atom is -0.451 e. The number of nitrogens with two attached hydrogens (primary N) is 1. The van der Waals surface area contributed by atoms with Gasteiger partial charge in [-0.15, -0.1) is 12.4 Å². The average molecular weight is 335 g/mol. The Morgan fingerprint density at radius 1 is 1.17 bits per heavy atom. The third kappa shape index (κ3) is 3.10. The number of hydrogen-bond acceptors (Lipinski definition) is 3. The molecule has 2 aliphatic rings. The molecule has 5 heteroatoms. The molecule has 0 radical (unpaired) electrons. The molecule has 2 atom stereocenters. The highest BCUT2D eigenvalue weighted by atomic mass is 35.5. The van der Waals surface area contributed by atoms with Gasteiger partial charge in [0.2, 0.25) is 0 Å². The van der Waals surface area contributed by atoms with Crippen LogP contribution in [0.4, 0.5) is 0 Å². The lowest BCUT2D eigenvalue weighted by molar-refractivity contribution is 0.0734. The summed E-state index contributed by atoms with van der Waals surface area (Å²) >= 11 is 0. The Morgan fingerprint density at radius 3 is 2.57 bits per heavy atom. The first-order valence-corrected chi connectivity index (χ1v) is 8.26. The molecule has 2 fully saturated rings. The molecule has 1 aromatic heterocycles. The van der Waals surface area contributed by atoms with Crippen molar-refractivity contribution < 1.29 is 9.21 Å². The number of carbonyl (C=O) groups excluding carboxylic acids is 1. The van der Waals surface area contributed by atoms with E-state index in [-0.39, 0.29) is 24.4 Å². The van der Waals surface area contributed by atoms with Crippen molar-refractivity contribution in [3.05, 3.63) is 36.1 Å². The highest BCUT2D eigenvalue weighted by Crippen LogP contribution is 2.39. The van der Waals surface area contributed by atoms with E-state index < -0.39 is 0 Å². The number of rotatable bonds is 2. The summed E-state index contributed by atoms with van der Waals surface area (Å²) in [5.74, 6) is 1.37. The molecule has 4 rings (SSSR count). The zero-order valence-electron chi connectivity index (χ0n) is 13.0. The van der Waals surface area contributed by atoms with E-state index in [1.165, 1.54) is 19.3 Å². The number of hydrogen-bond donors (Lipinski definition) is 2. The van der Waals surface area contributed by atoms with Crippen LogP contribution in [0.3, 0.4) is 0 Å². The SMILES string of the molecule is Cl.NC1CC2CCCC(C1)C2NC(=O)c1cc2ccccc2o1. The minimum atomic E-state index is -0.0893. The molecular weight excluding hydrogens is 312 g/mol. The van der Waals surface area contributed by atoms with E-state index in [0.717, 1.165) is 23.8 Å². The number of fused-ring (bicyclic) bond motifs is 3. The lowest BCUT2D eigenvalue weighted by Gasteiger charge is -2.45. The molecular formula is C18H23ClN2O2. The van der Waals surface area contributed by atoms with Gasteiger partial charge in [-0.2, -0.15) is 0 Å². The summed E-state index contributed by atoms with van der Waals surface area (Å²) in [5.41, 5.74) is 6.91. The van der Waals surface area contributed by atoms with Crippen LogP contribution < -0.4 is 11.1 Å². The van der Waals surface area contributed by atoms with Crippen LogP contribution in [-0.2, 0) is 0 Å². The Bertz CT molecular complexity index is 652. The number of amides is 1. The smallest absolute Gasteiger partial charge is 0.287 e. The molecule has 1 aromatic carbocycles. The van der Waals surface area contributed by atoms with Gasteiger partial charge in [-0.3, -0.25) is 4.79 Å². The molecule has 2 unspecified atom stereocenters. The minimum absolute atomic E-state index is 0. The highest BCUT2D eigenvalue weighted by Gasteiger charge is 2.40. The van der Waals surface area contributed by atoms with Crippen molar-refractivity contribution in [3.63, 3.8) is 0 Å². The summed E-state index contributed by atoms with van der Waals surface area (Å²) in [7, 11) is 0. The number of carbonyl (C=O) groups is 1. The van der Waals surface area contributed by atoms with Crippen LogP contribution in [0.25, 0.3) is 11.0 Å². The molecule has 0 spiro atoms. The molecule has 3 N–H and O–H groups in total. The number of nitrogens with one attached hydrogen (secondary N) is 1. The fourth-order valence-electron chi connectivity index (χ4n) is 4.34. The first-order chi connectivity index (χ1) is 10.7. The summed E-state index contributed by atoms with van der Waals surface area (Å²) in [4.78, 5) is 12.6.